The fourth-order valence-electron chi connectivity index (χ4n) is 15.0. The van der Waals surface area contributed by atoms with Gasteiger partial charge >= 0.3 is 0 Å². The van der Waals surface area contributed by atoms with Crippen LogP contribution in [0.4, 0.5) is 0 Å². The fraction of sp³-hybridized carbons (Fsp3) is 0.470. The molecule has 0 unspecified atom stereocenters. The second kappa shape index (κ2) is 31.8. The minimum absolute atomic E-state index is 0.0401. The van der Waals surface area contributed by atoms with Crippen LogP contribution in [0.15, 0.2) is 133 Å². The van der Waals surface area contributed by atoms with E-state index < -0.39 is 0 Å². The second-order valence-corrected chi connectivity index (χ2v) is 28.5. The Morgan fingerprint density at radius 2 is 0.618 bits per heavy atom. The van der Waals surface area contributed by atoms with E-state index in [9.17, 15) is 0 Å². The van der Waals surface area contributed by atoms with Crippen LogP contribution in [0, 0.1) is 0 Å². The lowest BCUT2D eigenvalue weighted by Gasteiger charge is -2.32. The van der Waals surface area contributed by atoms with Crippen LogP contribution in [0.1, 0.15) is 232 Å². The Balaban J connectivity index is 0.849. The maximum absolute atomic E-state index is 6.44. The Kier molecular flexibility index (Phi) is 23.0. The van der Waals surface area contributed by atoms with Gasteiger partial charge in [0.05, 0.1) is 24.2 Å². The van der Waals surface area contributed by atoms with E-state index >= 15 is 0 Å². The highest BCUT2D eigenvalue weighted by molar-refractivity contribution is 7.19. The first-order valence-corrected chi connectivity index (χ1v) is 37.4. The molecule has 1 aliphatic rings. The minimum atomic E-state index is -0.0401. The van der Waals surface area contributed by atoms with Crippen LogP contribution in [-0.4, -0.2) is 22.3 Å². The van der Waals surface area contributed by atoms with E-state index in [1.165, 1.54) is 249 Å². The van der Waals surface area contributed by atoms with Crippen LogP contribution in [0.3, 0.4) is 0 Å². The Bertz CT molecular complexity index is 3630. The normalized spacial score (nSPS) is 12.8. The summed E-state index contributed by atoms with van der Waals surface area (Å²) in [7, 11) is 0. The van der Waals surface area contributed by atoms with Gasteiger partial charge in [-0.25, -0.2) is 0 Å². The van der Waals surface area contributed by atoms with Crippen molar-refractivity contribution in [3.8, 4) is 64.4 Å². The largest absolute Gasteiger partial charge is 0.494 e. The van der Waals surface area contributed by atoms with Gasteiger partial charge in [-0.15, -0.1) is 22.7 Å². The van der Waals surface area contributed by atoms with E-state index in [1.807, 2.05) is 22.7 Å². The van der Waals surface area contributed by atoms with Gasteiger partial charge in [-0.3, -0.25) is 0 Å². The molecule has 0 fully saturated rings. The summed E-state index contributed by atoms with van der Waals surface area (Å²) in [5.41, 5.74) is 16.4. The van der Waals surface area contributed by atoms with Crippen molar-refractivity contribution < 1.29 is 9.47 Å². The average Bonchev–Trinajstić information content (AvgIpc) is 1.67. The van der Waals surface area contributed by atoms with E-state index in [0.29, 0.717) is 0 Å². The van der Waals surface area contributed by atoms with Crippen molar-refractivity contribution in [3.63, 3.8) is 0 Å². The summed E-state index contributed by atoms with van der Waals surface area (Å²) in [4.78, 5) is 5.33. The summed E-state index contributed by atoms with van der Waals surface area (Å²) in [6, 6.07) is 52.7. The molecular weight excluding hydrogens is 1120 g/mol. The maximum Gasteiger partial charge on any atom is 0.121 e. The first-order valence-electron chi connectivity index (χ1n) is 35.8. The van der Waals surface area contributed by atoms with Gasteiger partial charge in [0.15, 0.2) is 0 Å². The van der Waals surface area contributed by atoms with Gasteiger partial charge in [-0.05, 0) is 156 Å². The number of thiophene rings is 2. The molecule has 0 aliphatic heterocycles. The molecule has 470 valence electrons. The number of hydrogen-bond donors (Lipinski definition) is 0. The molecular formula is C83H104N2O2S2. The lowest BCUT2D eigenvalue weighted by atomic mass is 9.71. The quantitative estimate of drug-likeness (QED) is 0.0361. The fourth-order valence-corrected chi connectivity index (χ4v) is 17.0. The van der Waals surface area contributed by atoms with Crippen molar-refractivity contribution in [1.29, 1.82) is 0 Å². The topological polar surface area (TPSA) is 28.3 Å². The van der Waals surface area contributed by atoms with Crippen LogP contribution in [0.2, 0.25) is 0 Å². The van der Waals surface area contributed by atoms with E-state index in [2.05, 4.69) is 184 Å². The van der Waals surface area contributed by atoms with E-state index in [0.717, 1.165) is 76.3 Å². The van der Waals surface area contributed by atoms with E-state index in [-0.39, 0.29) is 5.41 Å². The van der Waals surface area contributed by atoms with Crippen LogP contribution < -0.4 is 9.47 Å². The molecule has 10 aromatic rings. The molecule has 0 bridgehead atoms. The number of hydrogen-bond acceptors (Lipinski definition) is 4. The lowest BCUT2D eigenvalue weighted by molar-refractivity contribution is 0.304. The molecule has 6 aromatic carbocycles. The zero-order chi connectivity index (χ0) is 61.4. The number of aryl methyl sites for hydroxylation is 2. The predicted octanol–water partition coefficient (Wildman–Crippen LogP) is 26.8. The van der Waals surface area contributed by atoms with Gasteiger partial charge in [0.2, 0.25) is 0 Å². The first-order chi connectivity index (χ1) is 43.9. The van der Waals surface area contributed by atoms with Crippen LogP contribution in [-0.2, 0) is 18.5 Å². The Labute approximate surface area is 543 Å². The molecule has 0 N–H and O–H groups in total. The van der Waals surface area contributed by atoms with E-state index in [4.69, 9.17) is 9.47 Å². The number of rotatable bonds is 38. The molecule has 6 heteroatoms. The standard InChI is InChI=1S/C83H104N2O2S2/c1-7-13-17-21-25-29-51-84-75-57-63(35-41-69(75)71-43-37-65(59-77(71)84)86-53-31-27-23-19-15-9-3)81-47-45-79(88-81)61-33-39-67-68-40-34-62(56-74(68)83(49-11-5,50-12-6)73(67)55-61)80-46-48-82(89-80)64-36-42-70-72-44-38-66(87-54-32-28-24-20-16-10-4)60-78(72)85(76(70)58-64)52-30-26-22-18-14-8-2/h33-48,55-60H,7-32,49-54H2,1-6H3. The maximum atomic E-state index is 6.44. The Morgan fingerprint density at radius 3 is 0.989 bits per heavy atom. The molecule has 0 saturated heterocycles. The number of aromatic nitrogens is 2. The monoisotopic (exact) mass is 1220 g/mol. The molecule has 11 rings (SSSR count). The highest BCUT2D eigenvalue weighted by Gasteiger charge is 2.42. The number of fused-ring (bicyclic) bond motifs is 9. The molecule has 0 radical (unpaired) electrons. The second-order valence-electron chi connectivity index (χ2n) is 26.3. The van der Waals surface area contributed by atoms with Crippen molar-refractivity contribution in [3.05, 3.63) is 145 Å². The Hall–Kier alpha value is -6.08. The van der Waals surface area contributed by atoms with Gasteiger partial charge in [0, 0.05) is 82.7 Å². The van der Waals surface area contributed by atoms with Crippen molar-refractivity contribution in [2.45, 2.75) is 240 Å². The van der Waals surface area contributed by atoms with Crippen LogP contribution >= 0.6 is 22.7 Å². The summed E-state index contributed by atoms with van der Waals surface area (Å²) in [5, 5.41) is 5.34. The summed E-state index contributed by atoms with van der Waals surface area (Å²) < 4.78 is 18.1. The van der Waals surface area contributed by atoms with Gasteiger partial charge in [0.25, 0.3) is 0 Å². The highest BCUT2D eigenvalue weighted by Crippen LogP contribution is 2.56. The third kappa shape index (κ3) is 14.8. The van der Waals surface area contributed by atoms with Gasteiger partial charge in [-0.1, -0.05) is 231 Å². The molecule has 1 aliphatic carbocycles. The van der Waals surface area contributed by atoms with Crippen LogP contribution in [0.25, 0.3) is 96.5 Å². The molecule has 4 nitrogen and oxygen atoms in total. The smallest absolute Gasteiger partial charge is 0.121 e. The zero-order valence-corrected chi connectivity index (χ0v) is 57.0. The zero-order valence-electron chi connectivity index (χ0n) is 55.4. The van der Waals surface area contributed by atoms with Gasteiger partial charge in [0.1, 0.15) is 11.5 Å². The summed E-state index contributed by atoms with van der Waals surface area (Å²) in [5.74, 6) is 2.00. The summed E-state index contributed by atoms with van der Waals surface area (Å²) >= 11 is 3.89. The molecule has 0 saturated carbocycles. The van der Waals surface area contributed by atoms with Crippen LogP contribution in [0.5, 0.6) is 11.5 Å². The lowest BCUT2D eigenvalue weighted by Crippen LogP contribution is -2.25. The highest BCUT2D eigenvalue weighted by atomic mass is 32.1. The minimum Gasteiger partial charge on any atom is -0.494 e. The van der Waals surface area contributed by atoms with Gasteiger partial charge < -0.3 is 18.6 Å². The molecule has 4 aromatic heterocycles. The van der Waals surface area contributed by atoms with Crippen molar-refractivity contribution in [2.24, 2.45) is 0 Å². The SMILES string of the molecule is CCCCCCCCOc1ccc2c3ccc(-c4ccc(-c5ccc6c(c5)C(CCC)(CCC)c5cc(-c7ccc(-c8ccc9c%10ccc(OCCCCCCCC)cc%10n(CCCCCCCC)c9c8)s7)ccc5-6)s4)cc3n(CCCCCCCC)c2c1. The molecule has 0 amide bonds. The van der Waals surface area contributed by atoms with Gasteiger partial charge in [-0.2, -0.15) is 0 Å². The third-order valence-electron chi connectivity index (χ3n) is 19.7. The molecule has 0 atom stereocenters. The van der Waals surface area contributed by atoms with Crippen molar-refractivity contribution >= 4 is 66.3 Å². The number of unbranched alkanes of at least 4 members (excludes halogenated alkanes) is 20. The summed E-state index contributed by atoms with van der Waals surface area (Å²) in [6.07, 6.45) is 35.3. The first kappa shape index (κ1) is 64.4. The number of benzene rings is 6. The Morgan fingerprint density at radius 1 is 0.303 bits per heavy atom. The van der Waals surface area contributed by atoms with Crippen molar-refractivity contribution in [2.75, 3.05) is 13.2 Å². The van der Waals surface area contributed by atoms with Crippen molar-refractivity contribution in [1.82, 2.24) is 9.13 Å². The number of ether oxygens (including phenoxy) is 2. The van der Waals surface area contributed by atoms with E-state index in [1.54, 1.807) is 0 Å². The predicted molar refractivity (Wildman–Crippen MR) is 390 cm³/mol. The number of nitrogens with zero attached hydrogens (tertiary/aromatic N) is 2. The summed E-state index contributed by atoms with van der Waals surface area (Å²) in [6.45, 7) is 17.6. The molecule has 0 spiro atoms. The molecule has 4 heterocycles. The molecule has 89 heavy (non-hydrogen) atoms. The average molecular weight is 1230 g/mol. The third-order valence-corrected chi connectivity index (χ3v) is 22.1.